The molecule has 0 spiro atoms. The Labute approximate surface area is 120 Å². The van der Waals surface area contributed by atoms with Crippen molar-refractivity contribution < 1.29 is 4.39 Å². The lowest BCUT2D eigenvalue weighted by molar-refractivity contribution is 0.387. The largest absolute Gasteiger partial charge is 0.327 e. The van der Waals surface area contributed by atoms with Crippen LogP contribution in [0.1, 0.15) is 50.5 Å². The Morgan fingerprint density at radius 1 is 1.21 bits per heavy atom. The summed E-state index contributed by atoms with van der Waals surface area (Å²) in [4.78, 5) is 0. The first-order valence-electron chi connectivity index (χ1n) is 7.35. The normalized spacial score (nSPS) is 19.1. The fourth-order valence-corrected chi connectivity index (χ4v) is 3.30. The first kappa shape index (κ1) is 14.8. The zero-order valence-corrected chi connectivity index (χ0v) is 12.1. The van der Waals surface area contributed by atoms with Crippen molar-refractivity contribution in [1.29, 1.82) is 0 Å². The molecule has 1 fully saturated rings. The van der Waals surface area contributed by atoms with Crippen molar-refractivity contribution in [2.24, 2.45) is 11.7 Å². The van der Waals surface area contributed by atoms with Gasteiger partial charge in [0.25, 0.3) is 0 Å². The van der Waals surface area contributed by atoms with Gasteiger partial charge in [0.15, 0.2) is 0 Å². The smallest absolute Gasteiger partial charge is 0.142 e. The lowest BCUT2D eigenvalue weighted by atomic mass is 9.90. The van der Waals surface area contributed by atoms with E-state index in [-0.39, 0.29) is 16.9 Å². The molecule has 1 atom stereocenters. The summed E-state index contributed by atoms with van der Waals surface area (Å²) in [7, 11) is 0. The second kappa shape index (κ2) is 7.25. The maximum atomic E-state index is 13.4. The predicted octanol–water partition coefficient (Wildman–Crippen LogP) is 4.71. The second-order valence-electron chi connectivity index (χ2n) is 5.77. The molecular formula is C16H23ClFN. The van der Waals surface area contributed by atoms with Gasteiger partial charge in [-0.2, -0.15) is 0 Å². The second-order valence-corrected chi connectivity index (χ2v) is 6.15. The van der Waals surface area contributed by atoms with Crippen LogP contribution in [0.25, 0.3) is 0 Å². The van der Waals surface area contributed by atoms with E-state index >= 15 is 0 Å². The van der Waals surface area contributed by atoms with Crippen LogP contribution in [0, 0.1) is 11.7 Å². The summed E-state index contributed by atoms with van der Waals surface area (Å²) in [5, 5.41) is 0.235. The fourth-order valence-electron chi connectivity index (χ4n) is 3.10. The van der Waals surface area contributed by atoms with E-state index < -0.39 is 0 Å². The minimum absolute atomic E-state index is 0.0856. The van der Waals surface area contributed by atoms with Gasteiger partial charge in [0.1, 0.15) is 5.82 Å². The van der Waals surface area contributed by atoms with Crippen LogP contribution in [-0.4, -0.2) is 6.04 Å². The molecule has 0 heterocycles. The molecule has 1 aromatic rings. The van der Waals surface area contributed by atoms with Crippen molar-refractivity contribution >= 4 is 11.6 Å². The molecule has 0 amide bonds. The van der Waals surface area contributed by atoms with Gasteiger partial charge in [-0.25, -0.2) is 4.39 Å². The standard InChI is InChI=1S/C16H23ClFN/c17-16-13(8-5-9-15(16)18)11-14(19)10-12-6-3-1-2-4-7-12/h5,8-9,12,14H,1-4,6-7,10-11,19H2. The molecule has 3 heteroatoms. The minimum atomic E-state index is -0.346. The van der Waals surface area contributed by atoms with Crippen LogP contribution in [0.5, 0.6) is 0 Å². The number of rotatable bonds is 4. The van der Waals surface area contributed by atoms with Crippen molar-refractivity contribution in [3.63, 3.8) is 0 Å². The van der Waals surface area contributed by atoms with E-state index in [4.69, 9.17) is 17.3 Å². The molecule has 0 radical (unpaired) electrons. The summed E-state index contributed by atoms with van der Waals surface area (Å²) in [5.74, 6) is 0.394. The number of nitrogens with two attached hydrogens (primary N) is 1. The van der Waals surface area contributed by atoms with Gasteiger partial charge in [-0.15, -0.1) is 0 Å². The summed E-state index contributed by atoms with van der Waals surface area (Å²) < 4.78 is 13.4. The van der Waals surface area contributed by atoms with Crippen molar-refractivity contribution in [1.82, 2.24) is 0 Å². The van der Waals surface area contributed by atoms with Crippen LogP contribution in [0.4, 0.5) is 4.39 Å². The summed E-state index contributed by atoms with van der Waals surface area (Å²) in [6.07, 6.45) is 9.69. The van der Waals surface area contributed by atoms with Gasteiger partial charge in [0.2, 0.25) is 0 Å². The van der Waals surface area contributed by atoms with E-state index in [1.807, 2.05) is 6.07 Å². The van der Waals surface area contributed by atoms with Gasteiger partial charge in [-0.05, 0) is 30.4 Å². The van der Waals surface area contributed by atoms with E-state index in [0.29, 0.717) is 6.42 Å². The number of hydrogen-bond donors (Lipinski definition) is 1. The molecule has 1 aliphatic rings. The van der Waals surface area contributed by atoms with Gasteiger partial charge >= 0.3 is 0 Å². The van der Waals surface area contributed by atoms with Crippen molar-refractivity contribution in [2.75, 3.05) is 0 Å². The molecular weight excluding hydrogens is 261 g/mol. The zero-order valence-electron chi connectivity index (χ0n) is 11.4. The molecule has 1 aliphatic carbocycles. The molecule has 106 valence electrons. The summed E-state index contributed by atoms with van der Waals surface area (Å²) in [5.41, 5.74) is 7.06. The monoisotopic (exact) mass is 283 g/mol. The van der Waals surface area contributed by atoms with E-state index in [0.717, 1.165) is 17.9 Å². The van der Waals surface area contributed by atoms with Gasteiger partial charge in [-0.3, -0.25) is 0 Å². The molecule has 2 N–H and O–H groups in total. The third kappa shape index (κ3) is 4.47. The van der Waals surface area contributed by atoms with Crippen molar-refractivity contribution in [3.05, 3.63) is 34.6 Å². The average Bonchev–Trinajstić information content (AvgIpc) is 2.63. The number of benzene rings is 1. The molecule has 19 heavy (non-hydrogen) atoms. The molecule has 0 bridgehead atoms. The zero-order chi connectivity index (χ0) is 13.7. The van der Waals surface area contributed by atoms with E-state index in [9.17, 15) is 4.39 Å². The van der Waals surface area contributed by atoms with E-state index in [2.05, 4.69) is 0 Å². The Hall–Kier alpha value is -0.600. The SMILES string of the molecule is NC(Cc1cccc(F)c1Cl)CC1CCCCCC1. The highest BCUT2D eigenvalue weighted by Crippen LogP contribution is 2.28. The van der Waals surface area contributed by atoms with Gasteiger partial charge in [0, 0.05) is 6.04 Å². The molecule has 1 unspecified atom stereocenters. The summed E-state index contributed by atoms with van der Waals surface area (Å²) in [6.45, 7) is 0. The molecule has 0 aromatic heterocycles. The Balaban J connectivity index is 1.89. The van der Waals surface area contributed by atoms with Crippen molar-refractivity contribution in [3.8, 4) is 0 Å². The Bertz CT molecular complexity index is 400. The highest BCUT2D eigenvalue weighted by atomic mass is 35.5. The predicted molar refractivity (Wildman–Crippen MR) is 78.9 cm³/mol. The maximum absolute atomic E-state index is 13.4. The van der Waals surface area contributed by atoms with E-state index in [1.165, 1.54) is 44.6 Å². The lowest BCUT2D eigenvalue weighted by Gasteiger charge is -2.19. The van der Waals surface area contributed by atoms with Gasteiger partial charge < -0.3 is 5.73 Å². The van der Waals surface area contributed by atoms with Crippen LogP contribution >= 0.6 is 11.6 Å². The number of halogens is 2. The first-order valence-corrected chi connectivity index (χ1v) is 7.73. The highest BCUT2D eigenvalue weighted by Gasteiger charge is 2.17. The van der Waals surface area contributed by atoms with E-state index in [1.54, 1.807) is 6.07 Å². The Morgan fingerprint density at radius 2 is 1.89 bits per heavy atom. The molecule has 0 saturated heterocycles. The van der Waals surface area contributed by atoms with Gasteiger partial charge in [0.05, 0.1) is 5.02 Å². The summed E-state index contributed by atoms with van der Waals surface area (Å²) >= 11 is 5.98. The third-order valence-electron chi connectivity index (χ3n) is 4.12. The molecule has 1 nitrogen and oxygen atoms in total. The topological polar surface area (TPSA) is 26.0 Å². The van der Waals surface area contributed by atoms with Crippen LogP contribution < -0.4 is 5.73 Å². The fraction of sp³-hybridized carbons (Fsp3) is 0.625. The number of hydrogen-bond acceptors (Lipinski definition) is 1. The van der Waals surface area contributed by atoms with Crippen molar-refractivity contribution in [2.45, 2.75) is 57.4 Å². The highest BCUT2D eigenvalue weighted by molar-refractivity contribution is 6.31. The maximum Gasteiger partial charge on any atom is 0.142 e. The van der Waals surface area contributed by atoms with Gasteiger partial charge in [-0.1, -0.05) is 62.3 Å². The Morgan fingerprint density at radius 3 is 2.58 bits per heavy atom. The van der Waals surface area contributed by atoms with Crippen LogP contribution in [0.2, 0.25) is 5.02 Å². The van der Waals surface area contributed by atoms with Crippen LogP contribution in [0.3, 0.4) is 0 Å². The first-order chi connectivity index (χ1) is 9.16. The molecule has 0 aliphatic heterocycles. The molecule has 1 aromatic carbocycles. The average molecular weight is 284 g/mol. The van der Waals surface area contributed by atoms with Crippen LogP contribution in [0.15, 0.2) is 18.2 Å². The molecule has 2 rings (SSSR count). The lowest BCUT2D eigenvalue weighted by Crippen LogP contribution is -2.26. The third-order valence-corrected chi connectivity index (χ3v) is 4.55. The quantitative estimate of drug-likeness (QED) is 0.796. The Kier molecular flexibility index (Phi) is 5.65. The van der Waals surface area contributed by atoms with Crippen LogP contribution in [-0.2, 0) is 6.42 Å². The molecule has 1 saturated carbocycles. The minimum Gasteiger partial charge on any atom is -0.327 e. The summed E-state index contributed by atoms with van der Waals surface area (Å²) in [6, 6.07) is 5.05.